The van der Waals surface area contributed by atoms with E-state index in [0.717, 1.165) is 0 Å². The van der Waals surface area contributed by atoms with E-state index >= 15 is 0 Å². The molecule has 1 heterocycles. The Balaban J connectivity index is 3.02. The molecule has 0 aromatic carbocycles. The first-order chi connectivity index (χ1) is 8.64. The van der Waals surface area contributed by atoms with Gasteiger partial charge in [-0.3, -0.25) is 0 Å². The van der Waals surface area contributed by atoms with Crippen LogP contribution in [0.15, 0.2) is 0 Å². The fourth-order valence-corrected chi connectivity index (χ4v) is 18.6. The van der Waals surface area contributed by atoms with Crippen molar-refractivity contribution in [1.29, 1.82) is 0 Å². The van der Waals surface area contributed by atoms with E-state index in [9.17, 15) is 0 Å². The van der Waals surface area contributed by atoms with Crippen molar-refractivity contribution >= 4 is 16.5 Å². The van der Waals surface area contributed by atoms with E-state index in [4.69, 9.17) is 0 Å². The molecule has 1 aliphatic heterocycles. The molecule has 0 spiro atoms. The molecule has 0 amide bonds. The van der Waals surface area contributed by atoms with Crippen LogP contribution in [0.25, 0.3) is 0 Å². The summed E-state index contributed by atoms with van der Waals surface area (Å²) >= 11 is 0. The van der Waals surface area contributed by atoms with Gasteiger partial charge in [-0.25, -0.2) is 0 Å². The van der Waals surface area contributed by atoms with Gasteiger partial charge >= 0.3 is 0 Å². The van der Waals surface area contributed by atoms with E-state index in [0.29, 0.717) is 0 Å². The van der Waals surface area contributed by atoms with E-state index in [1.54, 1.807) is 18.5 Å². The maximum atomic E-state index is 3.23. The van der Waals surface area contributed by atoms with Gasteiger partial charge in [0.1, 0.15) is 16.5 Å². The molecule has 0 unspecified atom stereocenters. The Kier molecular flexibility index (Phi) is 6.62. The van der Waals surface area contributed by atoms with Crippen molar-refractivity contribution in [1.82, 2.24) is 4.23 Å². The summed E-state index contributed by atoms with van der Waals surface area (Å²) in [5.74, 6) is 0. The van der Waals surface area contributed by atoms with Gasteiger partial charge in [0.25, 0.3) is 0 Å². The zero-order chi connectivity index (χ0) is 13.6. The maximum absolute atomic E-state index is 3.23. The largest absolute Gasteiger partial charge is 0.345 e. The average Bonchev–Trinajstić information content (AvgIpc) is 2.44. The van der Waals surface area contributed by atoms with Crippen molar-refractivity contribution in [3.63, 3.8) is 0 Å². The Bertz CT molecular complexity index is 215. The second-order valence-corrected chi connectivity index (χ2v) is 16.5. The van der Waals surface area contributed by atoms with Crippen LogP contribution in [0.2, 0.25) is 36.3 Å². The summed E-state index contributed by atoms with van der Waals surface area (Å²) in [5, 5.41) is 0. The SMILES string of the molecule is CCCCN1[Si](CC)(CC)CCC[Si]1(CC)CC. The zero-order valence-corrected chi connectivity index (χ0v) is 15.5. The second kappa shape index (κ2) is 7.25. The lowest BCUT2D eigenvalue weighted by Gasteiger charge is -2.56. The molecule has 0 aromatic heterocycles. The van der Waals surface area contributed by atoms with Gasteiger partial charge in [-0.05, 0) is 49.2 Å². The lowest BCUT2D eigenvalue weighted by Crippen LogP contribution is -2.68. The molecule has 108 valence electrons. The van der Waals surface area contributed by atoms with Crippen LogP contribution in [0.3, 0.4) is 0 Å². The summed E-state index contributed by atoms with van der Waals surface area (Å²) in [6.45, 7) is 13.8. The fourth-order valence-electron chi connectivity index (χ4n) is 4.28. The Morgan fingerprint density at radius 1 is 0.778 bits per heavy atom. The maximum Gasteiger partial charge on any atom is 0.121 e. The number of rotatable bonds is 7. The molecule has 0 aliphatic carbocycles. The van der Waals surface area contributed by atoms with Gasteiger partial charge in [-0.2, -0.15) is 0 Å². The Labute approximate surface area is 118 Å². The van der Waals surface area contributed by atoms with E-state index in [1.165, 1.54) is 43.6 Å². The second-order valence-electron chi connectivity index (χ2n) is 6.22. The van der Waals surface area contributed by atoms with Gasteiger partial charge in [0, 0.05) is 0 Å². The Morgan fingerprint density at radius 2 is 1.22 bits per heavy atom. The molecule has 1 fully saturated rings. The first-order valence-electron chi connectivity index (χ1n) is 8.42. The van der Waals surface area contributed by atoms with Crippen LogP contribution in [0.1, 0.15) is 53.9 Å². The molecule has 0 saturated carbocycles. The lowest BCUT2D eigenvalue weighted by molar-refractivity contribution is 0.524. The Morgan fingerprint density at radius 3 is 1.56 bits per heavy atom. The van der Waals surface area contributed by atoms with Crippen molar-refractivity contribution in [2.24, 2.45) is 0 Å². The minimum Gasteiger partial charge on any atom is -0.345 e. The third-order valence-corrected chi connectivity index (χ3v) is 19.2. The van der Waals surface area contributed by atoms with Crippen molar-refractivity contribution in [3.05, 3.63) is 0 Å². The van der Waals surface area contributed by atoms with Crippen LogP contribution in [0, 0.1) is 0 Å². The van der Waals surface area contributed by atoms with Crippen molar-refractivity contribution in [2.45, 2.75) is 90.1 Å². The van der Waals surface area contributed by atoms with Crippen molar-refractivity contribution in [3.8, 4) is 0 Å². The fraction of sp³-hybridized carbons (Fsp3) is 1.00. The van der Waals surface area contributed by atoms with Gasteiger partial charge in [-0.1, -0.05) is 47.5 Å². The molecule has 0 radical (unpaired) electrons. The molecule has 0 bridgehead atoms. The first-order valence-corrected chi connectivity index (χ1v) is 13.6. The molecule has 1 aliphatic rings. The monoisotopic (exact) mass is 285 g/mol. The third kappa shape index (κ3) is 2.93. The summed E-state index contributed by atoms with van der Waals surface area (Å²) < 4.78 is 3.23. The minimum atomic E-state index is -1.08. The molecular weight excluding hydrogens is 250 g/mol. The Hall–Kier alpha value is 0.394. The molecule has 0 aromatic rings. The quantitative estimate of drug-likeness (QED) is 0.561. The van der Waals surface area contributed by atoms with Gasteiger partial charge in [0.15, 0.2) is 0 Å². The van der Waals surface area contributed by atoms with Crippen molar-refractivity contribution in [2.75, 3.05) is 6.54 Å². The highest BCUT2D eigenvalue weighted by molar-refractivity contribution is 6.93. The van der Waals surface area contributed by atoms with E-state index < -0.39 is 16.5 Å². The number of nitrogens with zero attached hydrogens (tertiary/aromatic N) is 1. The highest BCUT2D eigenvalue weighted by Crippen LogP contribution is 2.42. The van der Waals surface area contributed by atoms with Crippen LogP contribution in [0.4, 0.5) is 0 Å². The average molecular weight is 286 g/mol. The number of hydrogen-bond donors (Lipinski definition) is 0. The summed E-state index contributed by atoms with van der Waals surface area (Å²) in [5.41, 5.74) is 0. The lowest BCUT2D eigenvalue weighted by atomic mass is 10.3. The van der Waals surface area contributed by atoms with Crippen LogP contribution < -0.4 is 0 Å². The molecular formula is C15H35NSi2. The topological polar surface area (TPSA) is 3.24 Å². The summed E-state index contributed by atoms with van der Waals surface area (Å²) in [6, 6.07) is 9.20. The number of unbranched alkanes of at least 4 members (excludes halogenated alkanes) is 1. The molecule has 0 atom stereocenters. The normalized spacial score (nSPS) is 23.2. The van der Waals surface area contributed by atoms with Gasteiger partial charge in [0.05, 0.1) is 0 Å². The predicted octanol–water partition coefficient (Wildman–Crippen LogP) is 5.46. The molecule has 1 nitrogen and oxygen atoms in total. The number of hydrogen-bond acceptors (Lipinski definition) is 1. The van der Waals surface area contributed by atoms with Gasteiger partial charge in [0.2, 0.25) is 0 Å². The predicted molar refractivity (Wildman–Crippen MR) is 89.3 cm³/mol. The van der Waals surface area contributed by atoms with Crippen LogP contribution >= 0.6 is 0 Å². The molecule has 3 heteroatoms. The third-order valence-electron chi connectivity index (χ3n) is 5.80. The highest BCUT2D eigenvalue weighted by Gasteiger charge is 2.49. The van der Waals surface area contributed by atoms with E-state index in [2.05, 4.69) is 38.8 Å². The van der Waals surface area contributed by atoms with Gasteiger partial charge in [-0.15, -0.1) is 0 Å². The molecule has 1 saturated heterocycles. The van der Waals surface area contributed by atoms with Crippen LogP contribution in [0.5, 0.6) is 0 Å². The summed E-state index contributed by atoms with van der Waals surface area (Å²) in [4.78, 5) is 0. The first kappa shape index (κ1) is 16.4. The molecule has 1 rings (SSSR count). The zero-order valence-electron chi connectivity index (χ0n) is 13.5. The van der Waals surface area contributed by atoms with Gasteiger partial charge < -0.3 is 4.23 Å². The summed E-state index contributed by atoms with van der Waals surface area (Å²) in [6.07, 6.45) is 4.36. The van der Waals surface area contributed by atoms with E-state index in [1.807, 2.05) is 0 Å². The van der Waals surface area contributed by atoms with E-state index in [-0.39, 0.29) is 0 Å². The highest BCUT2D eigenvalue weighted by atomic mass is 28.4. The minimum absolute atomic E-state index is 1.08. The van der Waals surface area contributed by atoms with Crippen LogP contribution in [-0.4, -0.2) is 27.2 Å². The molecule has 18 heavy (non-hydrogen) atoms. The molecule has 0 N–H and O–H groups in total. The standard InChI is InChI=1S/C15H35NSi2/c1-6-11-13-16-17(7-2,8-3)14-12-15-18(16,9-4)10-5/h6-15H2,1-5H3. The van der Waals surface area contributed by atoms with Crippen LogP contribution in [-0.2, 0) is 0 Å². The summed E-state index contributed by atoms with van der Waals surface area (Å²) in [7, 11) is -2.16. The van der Waals surface area contributed by atoms with Crippen molar-refractivity contribution < 1.29 is 0 Å². The smallest absolute Gasteiger partial charge is 0.121 e.